The Labute approximate surface area is 205 Å². The summed E-state index contributed by atoms with van der Waals surface area (Å²) < 4.78 is 13.4. The second kappa shape index (κ2) is 8.94. The molecule has 6 rings (SSSR count). The van der Waals surface area contributed by atoms with Crippen LogP contribution in [0.3, 0.4) is 0 Å². The van der Waals surface area contributed by atoms with Crippen LogP contribution in [0.25, 0.3) is 22.2 Å². The maximum absolute atomic E-state index is 12.2. The van der Waals surface area contributed by atoms with E-state index in [-0.39, 0.29) is 6.10 Å². The third-order valence-corrected chi connectivity index (χ3v) is 7.37. The number of carbonyl (C=O) groups is 1. The molecule has 2 aromatic carbocycles. The molecule has 0 bridgehead atoms. The van der Waals surface area contributed by atoms with Crippen LogP contribution in [-0.2, 0) is 9.47 Å². The van der Waals surface area contributed by atoms with Crippen LogP contribution in [0, 0.1) is 17.2 Å². The molecule has 0 spiro atoms. The summed E-state index contributed by atoms with van der Waals surface area (Å²) >= 11 is 0. The zero-order valence-corrected chi connectivity index (χ0v) is 20.0. The molecule has 35 heavy (non-hydrogen) atoms. The standard InChI is InChI=1S/C28H30N4O3/c1-18(19-2-3-19)35-28(33)30-21-6-4-20(5-7-21)27-25(17-29)24-11-10-23(31-12-14-34-15-13-31)16-26(24)32(27)22-8-9-22/h4-7,10-11,16,18-19,22H,2-3,8-9,12-15H2,1H3,(H,30,33)/t18-/m1/s1. The van der Waals surface area contributed by atoms with Gasteiger partial charge < -0.3 is 18.9 Å². The maximum Gasteiger partial charge on any atom is 0.411 e. The number of amides is 1. The molecule has 1 aromatic heterocycles. The molecular weight excluding hydrogens is 440 g/mol. The Morgan fingerprint density at radius 3 is 2.51 bits per heavy atom. The van der Waals surface area contributed by atoms with Crippen LogP contribution >= 0.6 is 0 Å². The molecule has 180 valence electrons. The minimum Gasteiger partial charge on any atom is -0.446 e. The number of rotatable bonds is 6. The fourth-order valence-corrected chi connectivity index (χ4v) is 5.12. The SMILES string of the molecule is C[C@@H](OC(=O)Nc1ccc(-c2c(C#N)c3ccc(N4CCOCC4)cc3n2C2CC2)cc1)C1CC1. The number of nitrogens with one attached hydrogen (secondary N) is 1. The highest BCUT2D eigenvalue weighted by Gasteiger charge is 2.32. The van der Waals surface area contributed by atoms with Crippen molar-refractivity contribution in [3.05, 3.63) is 48.0 Å². The first-order valence-electron chi connectivity index (χ1n) is 12.6. The van der Waals surface area contributed by atoms with Gasteiger partial charge in [0.2, 0.25) is 0 Å². The number of anilines is 2. The van der Waals surface area contributed by atoms with Crippen LogP contribution < -0.4 is 10.2 Å². The number of benzene rings is 2. The summed E-state index contributed by atoms with van der Waals surface area (Å²) in [6.07, 6.45) is 4.03. The number of fused-ring (bicyclic) bond motifs is 1. The molecule has 7 heteroatoms. The molecule has 3 aromatic rings. The number of nitriles is 1. The highest BCUT2D eigenvalue weighted by molar-refractivity contribution is 5.97. The van der Waals surface area contributed by atoms with E-state index in [1.807, 2.05) is 31.2 Å². The number of aromatic nitrogens is 1. The van der Waals surface area contributed by atoms with Crippen molar-refractivity contribution in [2.45, 2.75) is 44.8 Å². The monoisotopic (exact) mass is 470 g/mol. The predicted octanol–water partition coefficient (Wildman–Crippen LogP) is 5.70. The van der Waals surface area contributed by atoms with Crippen LogP contribution in [-0.4, -0.2) is 43.1 Å². The zero-order chi connectivity index (χ0) is 23.9. The van der Waals surface area contributed by atoms with Crippen molar-refractivity contribution < 1.29 is 14.3 Å². The second-order valence-corrected chi connectivity index (χ2v) is 9.89. The molecule has 1 atom stereocenters. The number of morpholine rings is 1. The first-order chi connectivity index (χ1) is 17.1. The van der Waals surface area contributed by atoms with Gasteiger partial charge in [0.15, 0.2) is 0 Å². The lowest BCUT2D eigenvalue weighted by molar-refractivity contribution is 0.108. The quantitative estimate of drug-likeness (QED) is 0.500. The van der Waals surface area contributed by atoms with Gasteiger partial charge in [-0.3, -0.25) is 5.32 Å². The molecule has 2 aliphatic carbocycles. The van der Waals surface area contributed by atoms with E-state index in [4.69, 9.17) is 9.47 Å². The molecule has 3 aliphatic rings. The number of carbonyl (C=O) groups excluding carboxylic acids is 1. The van der Waals surface area contributed by atoms with E-state index in [2.05, 4.69) is 39.1 Å². The van der Waals surface area contributed by atoms with Gasteiger partial charge in [-0.2, -0.15) is 5.26 Å². The fourth-order valence-electron chi connectivity index (χ4n) is 5.12. The molecule has 2 heterocycles. The maximum atomic E-state index is 12.2. The van der Waals surface area contributed by atoms with E-state index in [0.29, 0.717) is 23.2 Å². The van der Waals surface area contributed by atoms with Gasteiger partial charge in [-0.05, 0) is 74.4 Å². The van der Waals surface area contributed by atoms with Crippen molar-refractivity contribution in [3.8, 4) is 17.3 Å². The summed E-state index contributed by atoms with van der Waals surface area (Å²) in [5.41, 5.74) is 5.61. The predicted molar refractivity (Wildman–Crippen MR) is 136 cm³/mol. The molecule has 7 nitrogen and oxygen atoms in total. The average Bonchev–Trinajstić information content (AvgIpc) is 3.81. The van der Waals surface area contributed by atoms with Gasteiger partial charge in [0, 0.05) is 35.9 Å². The highest BCUT2D eigenvalue weighted by Crippen LogP contribution is 2.45. The largest absolute Gasteiger partial charge is 0.446 e. The lowest BCUT2D eigenvalue weighted by Crippen LogP contribution is -2.36. The van der Waals surface area contributed by atoms with Gasteiger partial charge in [-0.25, -0.2) is 4.79 Å². The van der Waals surface area contributed by atoms with Crippen LogP contribution in [0.4, 0.5) is 16.2 Å². The Hall–Kier alpha value is -3.50. The molecule has 1 saturated heterocycles. The van der Waals surface area contributed by atoms with Crippen molar-refractivity contribution in [3.63, 3.8) is 0 Å². The number of hydrogen-bond donors (Lipinski definition) is 1. The van der Waals surface area contributed by atoms with Gasteiger partial charge in [-0.15, -0.1) is 0 Å². The van der Waals surface area contributed by atoms with Gasteiger partial charge in [0.05, 0.1) is 30.0 Å². The number of ether oxygens (including phenoxy) is 2. The van der Waals surface area contributed by atoms with Gasteiger partial charge in [0.1, 0.15) is 12.2 Å². The Kier molecular flexibility index (Phi) is 5.62. The molecule has 1 N–H and O–H groups in total. The minimum atomic E-state index is -0.419. The van der Waals surface area contributed by atoms with E-state index in [0.717, 1.165) is 74.1 Å². The minimum absolute atomic E-state index is 0.0518. The zero-order valence-electron chi connectivity index (χ0n) is 20.0. The molecule has 0 unspecified atom stereocenters. The van der Waals surface area contributed by atoms with Gasteiger partial charge in [0.25, 0.3) is 0 Å². The van der Waals surface area contributed by atoms with Crippen LogP contribution in [0.1, 0.15) is 44.2 Å². The lowest BCUT2D eigenvalue weighted by Gasteiger charge is -2.29. The first kappa shape index (κ1) is 22.0. The van der Waals surface area contributed by atoms with Gasteiger partial charge in [-0.1, -0.05) is 12.1 Å². The molecule has 1 amide bonds. The van der Waals surface area contributed by atoms with Crippen molar-refractivity contribution >= 4 is 28.4 Å². The third-order valence-electron chi connectivity index (χ3n) is 7.37. The van der Waals surface area contributed by atoms with Crippen molar-refractivity contribution in [2.24, 2.45) is 5.92 Å². The van der Waals surface area contributed by atoms with Crippen LogP contribution in [0.15, 0.2) is 42.5 Å². The van der Waals surface area contributed by atoms with Crippen LogP contribution in [0.5, 0.6) is 0 Å². The number of nitrogens with zero attached hydrogens (tertiary/aromatic N) is 3. The second-order valence-electron chi connectivity index (χ2n) is 9.89. The van der Waals surface area contributed by atoms with Crippen molar-refractivity contribution in [1.29, 1.82) is 5.26 Å². The van der Waals surface area contributed by atoms with E-state index in [1.54, 1.807) is 0 Å². The Morgan fingerprint density at radius 2 is 1.86 bits per heavy atom. The van der Waals surface area contributed by atoms with E-state index < -0.39 is 6.09 Å². The first-order valence-corrected chi connectivity index (χ1v) is 12.6. The van der Waals surface area contributed by atoms with Crippen LogP contribution in [0.2, 0.25) is 0 Å². The summed E-state index contributed by atoms with van der Waals surface area (Å²) in [4.78, 5) is 14.6. The lowest BCUT2D eigenvalue weighted by atomic mass is 10.1. The fraction of sp³-hybridized carbons (Fsp3) is 0.429. The summed E-state index contributed by atoms with van der Waals surface area (Å²) in [5.74, 6) is 0.501. The van der Waals surface area contributed by atoms with E-state index >= 15 is 0 Å². The summed E-state index contributed by atoms with van der Waals surface area (Å²) in [5, 5.41) is 14.0. The smallest absolute Gasteiger partial charge is 0.411 e. The summed E-state index contributed by atoms with van der Waals surface area (Å²) in [6.45, 7) is 5.19. The number of hydrogen-bond acceptors (Lipinski definition) is 5. The molecular formula is C28H30N4O3. The molecule has 2 saturated carbocycles. The highest BCUT2D eigenvalue weighted by atomic mass is 16.6. The Bertz CT molecular complexity index is 1290. The third kappa shape index (κ3) is 4.35. The summed E-state index contributed by atoms with van der Waals surface area (Å²) in [7, 11) is 0. The van der Waals surface area contributed by atoms with E-state index in [9.17, 15) is 10.1 Å². The molecule has 0 radical (unpaired) electrons. The van der Waals surface area contributed by atoms with Crippen molar-refractivity contribution in [1.82, 2.24) is 4.57 Å². The summed E-state index contributed by atoms with van der Waals surface area (Å²) in [6, 6.07) is 17.1. The Balaban J connectivity index is 1.32. The van der Waals surface area contributed by atoms with Gasteiger partial charge >= 0.3 is 6.09 Å². The Morgan fingerprint density at radius 1 is 1.11 bits per heavy atom. The van der Waals surface area contributed by atoms with E-state index in [1.165, 1.54) is 5.69 Å². The molecule has 1 aliphatic heterocycles. The topological polar surface area (TPSA) is 79.5 Å². The average molecular weight is 471 g/mol. The normalized spacial score (nSPS) is 18.8. The molecule has 3 fully saturated rings. The van der Waals surface area contributed by atoms with Crippen molar-refractivity contribution in [2.75, 3.05) is 36.5 Å².